The number of carboxylic acid groups (broad SMARTS) is 2. The van der Waals surface area contributed by atoms with Crippen molar-refractivity contribution in [2.75, 3.05) is 26.7 Å². The Labute approximate surface area is 215 Å². The molecule has 0 aromatic rings. The van der Waals surface area contributed by atoms with Crippen LogP contribution in [-0.4, -0.2) is 64.7 Å². The van der Waals surface area contributed by atoms with E-state index in [0.717, 1.165) is 38.8 Å². The summed E-state index contributed by atoms with van der Waals surface area (Å²) in [5, 5.41) is 37.7. The largest absolute Gasteiger partial charge is 0.550 e. The molecule has 0 radical (unpaired) electrons. The van der Waals surface area contributed by atoms with Crippen LogP contribution in [0.4, 0.5) is 0 Å². The summed E-state index contributed by atoms with van der Waals surface area (Å²) >= 11 is 0. The summed E-state index contributed by atoms with van der Waals surface area (Å²) in [6.07, 6.45) is 19.0. The Kier molecular flexibility index (Phi) is 25.2. The molecule has 0 aromatic carbocycles. The maximum atomic E-state index is 11.4. The van der Waals surface area contributed by atoms with Gasteiger partial charge in [-0.15, -0.1) is 0 Å². The van der Waals surface area contributed by atoms with Crippen molar-refractivity contribution in [2.45, 2.75) is 136 Å². The van der Waals surface area contributed by atoms with Crippen LogP contribution in [0.2, 0.25) is 0 Å². The Balaban J connectivity index is 0. The molecule has 2 unspecified atom stereocenters. The quantitative estimate of drug-likeness (QED) is 0.104. The Hall–Kier alpha value is -1.18. The minimum Gasteiger partial charge on any atom is -0.550 e. The van der Waals surface area contributed by atoms with E-state index in [1.54, 1.807) is 6.92 Å². The number of carbonyl (C=O) groups is 2. The molecule has 210 valence electrons. The van der Waals surface area contributed by atoms with Gasteiger partial charge in [0.25, 0.3) is 6.23 Å². The highest BCUT2D eigenvalue weighted by Crippen LogP contribution is 2.17. The third kappa shape index (κ3) is 20.7. The van der Waals surface area contributed by atoms with Crippen molar-refractivity contribution in [1.82, 2.24) is 0 Å². The molecule has 7 nitrogen and oxygen atoms in total. The molecular formula is C28H57NO6. The van der Waals surface area contributed by atoms with Crippen LogP contribution in [0, 0.1) is 5.92 Å². The average molecular weight is 504 g/mol. The molecule has 7 heteroatoms. The van der Waals surface area contributed by atoms with E-state index in [9.17, 15) is 24.9 Å². The molecule has 0 aliphatic rings. The number of aliphatic hydroxyl groups is 2. The summed E-state index contributed by atoms with van der Waals surface area (Å²) in [5.41, 5.74) is 0. The Morgan fingerprint density at radius 1 is 0.714 bits per heavy atom. The Morgan fingerprint density at radius 3 is 1.29 bits per heavy atom. The molecule has 0 bridgehead atoms. The molecule has 0 aliphatic carbocycles. The summed E-state index contributed by atoms with van der Waals surface area (Å²) in [7, 11) is 1.92. The molecule has 0 rings (SSSR count). The number of unbranched alkanes of at least 4 members (excludes halogenated alkanes) is 14. The molecule has 2 atom stereocenters. The molecule has 0 spiro atoms. The van der Waals surface area contributed by atoms with E-state index >= 15 is 0 Å². The van der Waals surface area contributed by atoms with Crippen LogP contribution in [0.15, 0.2) is 0 Å². The lowest BCUT2D eigenvalue weighted by atomic mass is 10.1. The molecule has 0 heterocycles. The lowest BCUT2D eigenvalue weighted by Crippen LogP contribution is -2.56. The van der Waals surface area contributed by atoms with Gasteiger partial charge in [0.2, 0.25) is 0 Å². The standard InChI is InChI=1S/C23H47NO3.C5H10O3/c1-4-6-8-10-12-14-16-18-20-24(3,22(25)23(26)27)21-19-17-15-13-11-9-7-5-2;1-2-4(3-6)5(7)8/h22,25H,4-21H2,1-3H3;4,6H,2-3H2,1H3,(H,7,8). The van der Waals surface area contributed by atoms with Gasteiger partial charge in [-0.2, -0.15) is 0 Å². The van der Waals surface area contributed by atoms with Crippen molar-refractivity contribution in [3.05, 3.63) is 0 Å². The second-order valence-corrected chi connectivity index (χ2v) is 10.2. The highest BCUT2D eigenvalue weighted by molar-refractivity contribution is 5.70. The number of carboxylic acids is 2. The minimum atomic E-state index is -1.29. The zero-order chi connectivity index (χ0) is 27.0. The second-order valence-electron chi connectivity index (χ2n) is 10.2. The van der Waals surface area contributed by atoms with Crippen molar-refractivity contribution < 1.29 is 34.5 Å². The Bertz CT molecular complexity index is 476. The van der Waals surface area contributed by atoms with Gasteiger partial charge in [-0.1, -0.05) is 97.8 Å². The molecule has 0 saturated heterocycles. The second kappa shape index (κ2) is 24.5. The molecule has 0 saturated carbocycles. The number of hydrogen-bond donors (Lipinski definition) is 3. The van der Waals surface area contributed by atoms with Gasteiger partial charge in [0, 0.05) is 11.9 Å². The van der Waals surface area contributed by atoms with Gasteiger partial charge in [-0.05, 0) is 32.1 Å². The summed E-state index contributed by atoms with van der Waals surface area (Å²) in [6, 6.07) is 0. The molecule has 0 amide bonds. The van der Waals surface area contributed by atoms with Gasteiger partial charge in [-0.3, -0.25) is 4.48 Å². The Morgan fingerprint density at radius 2 is 1.06 bits per heavy atom. The predicted octanol–water partition coefficient (Wildman–Crippen LogP) is 4.87. The summed E-state index contributed by atoms with van der Waals surface area (Å²) in [4.78, 5) is 21.2. The van der Waals surface area contributed by atoms with Gasteiger partial charge in [0.15, 0.2) is 0 Å². The summed E-state index contributed by atoms with van der Waals surface area (Å²) in [6.45, 7) is 7.37. The van der Waals surface area contributed by atoms with Crippen molar-refractivity contribution in [3.63, 3.8) is 0 Å². The first-order chi connectivity index (χ1) is 16.7. The van der Waals surface area contributed by atoms with Gasteiger partial charge in [0.1, 0.15) is 0 Å². The van der Waals surface area contributed by atoms with Crippen molar-refractivity contribution in [2.24, 2.45) is 5.92 Å². The van der Waals surface area contributed by atoms with E-state index in [-0.39, 0.29) is 11.1 Å². The summed E-state index contributed by atoms with van der Waals surface area (Å²) in [5.74, 6) is -2.94. The smallest absolute Gasteiger partial charge is 0.392 e. The van der Waals surface area contributed by atoms with Gasteiger partial charge < -0.3 is 25.2 Å². The van der Waals surface area contributed by atoms with Crippen LogP contribution < -0.4 is 5.11 Å². The summed E-state index contributed by atoms with van der Waals surface area (Å²) < 4.78 is 0.265. The number of likely N-dealkylation sites (N-methyl/N-ethyl adjacent to an activating group) is 1. The van der Waals surface area contributed by atoms with Gasteiger partial charge in [-0.25, -0.2) is 4.79 Å². The van der Waals surface area contributed by atoms with E-state index in [4.69, 9.17) is 5.11 Å². The number of carbonyl (C=O) groups excluding carboxylic acids is 1. The number of hydrogen-bond acceptors (Lipinski definition) is 5. The van der Waals surface area contributed by atoms with Crippen LogP contribution in [-0.2, 0) is 9.59 Å². The average Bonchev–Trinajstić information content (AvgIpc) is 2.83. The molecular weight excluding hydrogens is 446 g/mol. The number of aliphatic hydroxyl groups excluding tert-OH is 2. The van der Waals surface area contributed by atoms with Crippen LogP contribution in [0.1, 0.15) is 130 Å². The molecule has 3 N–H and O–H groups in total. The van der Waals surface area contributed by atoms with E-state index in [0.29, 0.717) is 6.42 Å². The van der Waals surface area contributed by atoms with Crippen molar-refractivity contribution >= 4 is 11.9 Å². The highest BCUT2D eigenvalue weighted by atomic mass is 16.4. The van der Waals surface area contributed by atoms with E-state index in [2.05, 4.69) is 13.8 Å². The lowest BCUT2D eigenvalue weighted by Gasteiger charge is -2.36. The SMILES string of the molecule is CCC(CO)C(=O)[O-].CCCCCCCCCC[N+](C)(CCCCCCCCCC)C(O)C(=O)O. The number of quaternary nitrogens is 1. The number of aliphatic carboxylic acids is 2. The van der Waals surface area contributed by atoms with Crippen LogP contribution in [0.3, 0.4) is 0 Å². The molecule has 35 heavy (non-hydrogen) atoms. The number of rotatable bonds is 23. The first kappa shape index (κ1) is 36.0. The predicted molar refractivity (Wildman–Crippen MR) is 141 cm³/mol. The van der Waals surface area contributed by atoms with Crippen LogP contribution >= 0.6 is 0 Å². The van der Waals surface area contributed by atoms with Gasteiger partial charge >= 0.3 is 5.97 Å². The maximum absolute atomic E-state index is 11.4. The fourth-order valence-electron chi connectivity index (χ4n) is 4.21. The van der Waals surface area contributed by atoms with Crippen molar-refractivity contribution in [1.29, 1.82) is 0 Å². The fourth-order valence-corrected chi connectivity index (χ4v) is 4.21. The first-order valence-electron chi connectivity index (χ1n) is 14.3. The third-order valence-corrected chi connectivity index (χ3v) is 6.90. The molecule has 0 fully saturated rings. The topological polar surface area (TPSA) is 118 Å². The maximum Gasteiger partial charge on any atom is 0.392 e. The number of nitrogens with zero attached hydrogens (tertiary/aromatic N) is 1. The lowest BCUT2D eigenvalue weighted by molar-refractivity contribution is -0.945. The normalized spacial score (nSPS) is 13.1. The van der Waals surface area contributed by atoms with Gasteiger partial charge in [0.05, 0.1) is 26.7 Å². The van der Waals surface area contributed by atoms with E-state index < -0.39 is 24.1 Å². The minimum absolute atomic E-state index is 0.265. The molecule has 0 aromatic heterocycles. The zero-order valence-electron chi connectivity index (χ0n) is 23.3. The third-order valence-electron chi connectivity index (χ3n) is 6.90. The monoisotopic (exact) mass is 503 g/mol. The van der Waals surface area contributed by atoms with E-state index in [1.165, 1.54) is 77.0 Å². The van der Waals surface area contributed by atoms with E-state index in [1.807, 2.05) is 7.05 Å². The zero-order valence-corrected chi connectivity index (χ0v) is 23.3. The fraction of sp³-hybridized carbons (Fsp3) is 0.929. The van der Waals surface area contributed by atoms with Crippen LogP contribution in [0.5, 0.6) is 0 Å². The highest BCUT2D eigenvalue weighted by Gasteiger charge is 2.35. The van der Waals surface area contributed by atoms with Crippen LogP contribution in [0.25, 0.3) is 0 Å². The van der Waals surface area contributed by atoms with Crippen molar-refractivity contribution in [3.8, 4) is 0 Å². The molecule has 0 aliphatic heterocycles. The first-order valence-corrected chi connectivity index (χ1v) is 14.3.